The molecule has 0 bridgehead atoms. The second-order valence-corrected chi connectivity index (χ2v) is 6.40. The van der Waals surface area contributed by atoms with E-state index in [0.29, 0.717) is 0 Å². The quantitative estimate of drug-likeness (QED) is 0.817. The van der Waals surface area contributed by atoms with Gasteiger partial charge in [0, 0.05) is 6.20 Å². The molecule has 2 aromatic rings. The smallest absolute Gasteiger partial charge is 0.355 e. The van der Waals surface area contributed by atoms with Crippen LogP contribution in [0.15, 0.2) is 41.4 Å². The first-order valence-corrected chi connectivity index (χ1v) is 7.46. The Morgan fingerprint density at radius 3 is 2.40 bits per heavy atom. The van der Waals surface area contributed by atoms with Crippen LogP contribution in [0.2, 0.25) is 5.02 Å². The lowest BCUT2D eigenvalue weighted by molar-refractivity contribution is 0.0593. The predicted molar refractivity (Wildman–Crippen MR) is 74.5 cm³/mol. The molecule has 0 atom stereocenters. The molecule has 1 aromatic carbocycles. The number of carbonyl (C=O) groups excluding carboxylic acids is 1. The minimum absolute atomic E-state index is 0.0699. The summed E-state index contributed by atoms with van der Waals surface area (Å²) in [4.78, 5) is 11.7. The van der Waals surface area contributed by atoms with Gasteiger partial charge in [-0.1, -0.05) is 29.3 Å². The van der Waals surface area contributed by atoms with Gasteiger partial charge in [-0.15, -0.1) is 0 Å². The number of aromatic nitrogens is 1. The lowest BCUT2D eigenvalue weighted by Crippen LogP contribution is -2.18. The molecule has 1 heterocycles. The molecule has 0 saturated heterocycles. The maximum atomic E-state index is 12.5. The van der Waals surface area contributed by atoms with E-state index in [9.17, 15) is 13.2 Å². The monoisotopic (exact) mass is 313 g/mol. The molecular weight excluding hydrogens is 302 g/mol. The van der Waals surface area contributed by atoms with Crippen molar-refractivity contribution >= 4 is 27.6 Å². The van der Waals surface area contributed by atoms with E-state index in [4.69, 9.17) is 11.6 Å². The maximum Gasteiger partial charge on any atom is 0.355 e. The number of aryl methyl sites for hydroxylation is 1. The van der Waals surface area contributed by atoms with Gasteiger partial charge in [0.1, 0.15) is 5.69 Å². The van der Waals surface area contributed by atoms with E-state index >= 15 is 0 Å². The lowest BCUT2D eigenvalue weighted by Gasteiger charge is -2.09. The summed E-state index contributed by atoms with van der Waals surface area (Å²) in [6, 6.07) is 7.55. The van der Waals surface area contributed by atoms with Crippen LogP contribution < -0.4 is 0 Å². The first kappa shape index (κ1) is 14.6. The fourth-order valence-corrected chi connectivity index (χ4v) is 3.29. The van der Waals surface area contributed by atoms with Crippen molar-refractivity contribution in [1.29, 1.82) is 0 Å². The van der Waals surface area contributed by atoms with Crippen LogP contribution in [0.5, 0.6) is 0 Å². The van der Waals surface area contributed by atoms with Crippen LogP contribution in [0.4, 0.5) is 0 Å². The average Bonchev–Trinajstić information content (AvgIpc) is 2.81. The Hall–Kier alpha value is -1.79. The third-order valence-electron chi connectivity index (χ3n) is 2.72. The fraction of sp³-hybridized carbons (Fsp3) is 0.154. The summed E-state index contributed by atoms with van der Waals surface area (Å²) >= 11 is 5.79. The molecule has 2 rings (SSSR count). The predicted octanol–water partition coefficient (Wildman–Crippen LogP) is 2.47. The summed E-state index contributed by atoms with van der Waals surface area (Å²) in [5, 5.41) is 0.140. The minimum atomic E-state index is -3.89. The van der Waals surface area contributed by atoms with Crippen LogP contribution in [-0.2, 0) is 14.8 Å². The molecule has 0 N–H and O–H groups in total. The van der Waals surface area contributed by atoms with E-state index < -0.39 is 16.0 Å². The Bertz CT molecular complexity index is 747. The molecule has 0 amide bonds. The molecular formula is C13H12ClNO4S. The van der Waals surface area contributed by atoms with E-state index in [1.807, 2.05) is 6.92 Å². The number of esters is 1. The summed E-state index contributed by atoms with van der Waals surface area (Å²) in [5.41, 5.74) is 0.792. The summed E-state index contributed by atoms with van der Waals surface area (Å²) in [5.74, 6) is -0.771. The van der Waals surface area contributed by atoms with Gasteiger partial charge in [-0.05, 0) is 25.1 Å². The Balaban J connectivity index is 2.60. The van der Waals surface area contributed by atoms with Crippen molar-refractivity contribution in [3.8, 4) is 0 Å². The number of benzene rings is 1. The summed E-state index contributed by atoms with van der Waals surface area (Å²) in [7, 11) is -2.72. The molecule has 0 aliphatic carbocycles. The van der Waals surface area contributed by atoms with Crippen LogP contribution in [-0.4, -0.2) is 25.5 Å². The normalized spacial score (nSPS) is 11.3. The van der Waals surface area contributed by atoms with Gasteiger partial charge < -0.3 is 4.74 Å². The van der Waals surface area contributed by atoms with Crippen LogP contribution in [0.3, 0.4) is 0 Å². The molecule has 0 fully saturated rings. The van der Waals surface area contributed by atoms with Crippen LogP contribution in [0, 0.1) is 6.92 Å². The molecule has 5 nitrogen and oxygen atoms in total. The summed E-state index contributed by atoms with van der Waals surface area (Å²) in [6.07, 6.45) is 1.17. The molecule has 1 aromatic heterocycles. The van der Waals surface area contributed by atoms with Crippen LogP contribution in [0.1, 0.15) is 16.1 Å². The Morgan fingerprint density at radius 2 is 1.85 bits per heavy atom. The van der Waals surface area contributed by atoms with Gasteiger partial charge in [-0.2, -0.15) is 0 Å². The molecule has 106 valence electrons. The first-order valence-electron chi connectivity index (χ1n) is 5.64. The number of hydrogen-bond donors (Lipinski definition) is 0. The lowest BCUT2D eigenvalue weighted by atomic mass is 10.2. The highest BCUT2D eigenvalue weighted by Crippen LogP contribution is 2.22. The van der Waals surface area contributed by atoms with Gasteiger partial charge in [0.15, 0.2) is 0 Å². The van der Waals surface area contributed by atoms with Gasteiger partial charge >= 0.3 is 5.97 Å². The first-order chi connectivity index (χ1) is 9.36. The summed E-state index contributed by atoms with van der Waals surface area (Å²) < 4.78 is 30.4. The Morgan fingerprint density at radius 1 is 1.25 bits per heavy atom. The van der Waals surface area contributed by atoms with Crippen molar-refractivity contribution in [3.05, 3.63) is 52.8 Å². The molecule has 7 heteroatoms. The fourth-order valence-electron chi connectivity index (χ4n) is 1.69. The van der Waals surface area contributed by atoms with E-state index in [1.54, 1.807) is 12.1 Å². The zero-order chi connectivity index (χ0) is 14.9. The van der Waals surface area contributed by atoms with Gasteiger partial charge in [0.05, 0.1) is 17.0 Å². The Labute approximate surface area is 121 Å². The second-order valence-electron chi connectivity index (χ2n) is 4.15. The number of carbonyl (C=O) groups is 1. The highest BCUT2D eigenvalue weighted by molar-refractivity contribution is 7.90. The van der Waals surface area contributed by atoms with Crippen molar-refractivity contribution in [2.75, 3.05) is 7.11 Å². The van der Waals surface area contributed by atoms with Gasteiger partial charge in [-0.3, -0.25) is 0 Å². The van der Waals surface area contributed by atoms with Crippen molar-refractivity contribution in [2.45, 2.75) is 11.8 Å². The third kappa shape index (κ3) is 2.57. The average molecular weight is 314 g/mol. The largest absolute Gasteiger partial charge is 0.464 e. The minimum Gasteiger partial charge on any atom is -0.464 e. The summed E-state index contributed by atoms with van der Waals surface area (Å²) in [6.45, 7) is 1.85. The van der Waals surface area contributed by atoms with E-state index in [1.165, 1.54) is 31.5 Å². The Kier molecular flexibility index (Phi) is 3.87. The highest BCUT2D eigenvalue weighted by atomic mass is 35.5. The topological polar surface area (TPSA) is 65.4 Å². The highest BCUT2D eigenvalue weighted by Gasteiger charge is 2.24. The van der Waals surface area contributed by atoms with Gasteiger partial charge in [0.25, 0.3) is 10.0 Å². The standard InChI is InChI=1S/C13H12ClNO4S/c1-9-3-5-11(6-4-9)20(17,18)15-8-10(14)7-12(15)13(16)19-2/h3-8H,1-2H3. The van der Waals surface area contributed by atoms with E-state index in [-0.39, 0.29) is 15.6 Å². The number of methoxy groups -OCH3 is 1. The molecule has 0 spiro atoms. The zero-order valence-electron chi connectivity index (χ0n) is 10.8. The third-order valence-corrected chi connectivity index (χ3v) is 4.62. The molecule has 0 aliphatic heterocycles. The van der Waals surface area contributed by atoms with Crippen molar-refractivity contribution in [3.63, 3.8) is 0 Å². The van der Waals surface area contributed by atoms with Crippen molar-refractivity contribution in [1.82, 2.24) is 3.97 Å². The van der Waals surface area contributed by atoms with Crippen LogP contribution in [0.25, 0.3) is 0 Å². The van der Waals surface area contributed by atoms with E-state index in [2.05, 4.69) is 4.74 Å². The second kappa shape index (κ2) is 5.30. The number of ether oxygens (including phenoxy) is 1. The SMILES string of the molecule is COC(=O)c1cc(Cl)cn1S(=O)(=O)c1ccc(C)cc1. The van der Waals surface area contributed by atoms with Crippen LogP contribution >= 0.6 is 11.6 Å². The maximum absolute atomic E-state index is 12.5. The molecule has 0 unspecified atom stereocenters. The van der Waals surface area contributed by atoms with Gasteiger partial charge in [-0.25, -0.2) is 17.2 Å². The van der Waals surface area contributed by atoms with E-state index in [0.717, 1.165) is 9.54 Å². The van der Waals surface area contributed by atoms with Gasteiger partial charge in [0.2, 0.25) is 0 Å². The number of halogens is 1. The zero-order valence-corrected chi connectivity index (χ0v) is 12.4. The number of hydrogen-bond acceptors (Lipinski definition) is 4. The molecule has 0 saturated carbocycles. The van der Waals surface area contributed by atoms with Crippen molar-refractivity contribution < 1.29 is 17.9 Å². The molecule has 20 heavy (non-hydrogen) atoms. The number of nitrogens with zero attached hydrogens (tertiary/aromatic N) is 1. The van der Waals surface area contributed by atoms with Crippen molar-refractivity contribution in [2.24, 2.45) is 0 Å². The molecule has 0 radical (unpaired) electrons. The number of rotatable bonds is 3. The molecule has 0 aliphatic rings.